The number of carbonyl (C=O) groups is 1. The predicted octanol–water partition coefficient (Wildman–Crippen LogP) is 3.04. The third-order valence-corrected chi connectivity index (χ3v) is 5.44. The molecule has 1 N–H and O–H groups in total. The zero-order valence-electron chi connectivity index (χ0n) is 14.6. The largest absolute Gasteiger partial charge is 0.493 e. The number of aryl methyl sites for hydroxylation is 1. The van der Waals surface area contributed by atoms with Gasteiger partial charge in [-0.25, -0.2) is 4.98 Å². The Morgan fingerprint density at radius 1 is 1.36 bits per heavy atom. The average molecular weight is 362 g/mol. The standard InChI is InChI=1S/C18H22N2O4S/c1-11-10-25-17(19-11)9-20-5-4-12-6-15(23-2)16(24-3)7-13(12)14(20)8-18(21)22/h6-7,10,14H,4-5,8-9H2,1-3H3,(H,21,22). The van der Waals surface area contributed by atoms with E-state index in [0.29, 0.717) is 18.0 Å². The van der Waals surface area contributed by atoms with E-state index < -0.39 is 5.97 Å². The minimum absolute atomic E-state index is 0.0485. The number of hydrogen-bond acceptors (Lipinski definition) is 6. The molecule has 0 saturated heterocycles. The molecular weight excluding hydrogens is 340 g/mol. The van der Waals surface area contributed by atoms with E-state index in [9.17, 15) is 9.90 Å². The Morgan fingerprint density at radius 2 is 2.08 bits per heavy atom. The molecule has 2 aromatic rings. The predicted molar refractivity (Wildman–Crippen MR) is 95.5 cm³/mol. The van der Waals surface area contributed by atoms with Gasteiger partial charge in [0.15, 0.2) is 11.5 Å². The quantitative estimate of drug-likeness (QED) is 0.852. The maximum atomic E-state index is 11.5. The van der Waals surface area contributed by atoms with Gasteiger partial charge in [0.25, 0.3) is 0 Å². The van der Waals surface area contributed by atoms with Crippen LogP contribution in [0.15, 0.2) is 17.5 Å². The van der Waals surface area contributed by atoms with E-state index in [4.69, 9.17) is 9.47 Å². The van der Waals surface area contributed by atoms with Crippen molar-refractivity contribution in [2.45, 2.75) is 32.4 Å². The molecule has 0 aliphatic carbocycles. The third-order valence-electron chi connectivity index (χ3n) is 4.49. The van der Waals surface area contributed by atoms with E-state index in [0.717, 1.165) is 34.8 Å². The first-order valence-electron chi connectivity index (χ1n) is 8.13. The summed E-state index contributed by atoms with van der Waals surface area (Å²) in [6, 6.07) is 3.68. The molecule has 1 atom stereocenters. The number of nitrogens with zero attached hydrogens (tertiary/aromatic N) is 2. The summed E-state index contributed by atoms with van der Waals surface area (Å²) in [7, 11) is 3.20. The highest BCUT2D eigenvalue weighted by atomic mass is 32.1. The smallest absolute Gasteiger partial charge is 0.305 e. The fraction of sp³-hybridized carbons (Fsp3) is 0.444. The second-order valence-electron chi connectivity index (χ2n) is 6.12. The van der Waals surface area contributed by atoms with Gasteiger partial charge in [0, 0.05) is 23.7 Å². The first-order chi connectivity index (χ1) is 12.0. The molecule has 0 saturated carbocycles. The Kier molecular flexibility index (Phi) is 5.24. The third kappa shape index (κ3) is 3.77. The number of rotatable bonds is 6. The molecule has 7 heteroatoms. The van der Waals surface area contributed by atoms with Gasteiger partial charge in [-0.1, -0.05) is 0 Å². The van der Waals surface area contributed by atoms with Crippen molar-refractivity contribution in [1.82, 2.24) is 9.88 Å². The number of fused-ring (bicyclic) bond motifs is 1. The summed E-state index contributed by atoms with van der Waals surface area (Å²) in [6.07, 6.45) is 0.892. The van der Waals surface area contributed by atoms with Crippen molar-refractivity contribution >= 4 is 17.3 Å². The van der Waals surface area contributed by atoms with Crippen molar-refractivity contribution in [3.8, 4) is 11.5 Å². The summed E-state index contributed by atoms with van der Waals surface area (Å²) in [5.41, 5.74) is 3.12. The van der Waals surface area contributed by atoms with Gasteiger partial charge in [-0.2, -0.15) is 0 Å². The van der Waals surface area contributed by atoms with Gasteiger partial charge in [0.05, 0.1) is 27.2 Å². The molecule has 2 heterocycles. The number of carboxylic acids is 1. The zero-order valence-corrected chi connectivity index (χ0v) is 15.4. The molecule has 0 bridgehead atoms. The maximum absolute atomic E-state index is 11.5. The summed E-state index contributed by atoms with van der Waals surface area (Å²) < 4.78 is 10.8. The number of carboxylic acid groups (broad SMARTS) is 1. The summed E-state index contributed by atoms with van der Waals surface area (Å²) in [6.45, 7) is 3.42. The molecule has 0 amide bonds. The molecule has 0 spiro atoms. The van der Waals surface area contributed by atoms with Gasteiger partial charge < -0.3 is 14.6 Å². The van der Waals surface area contributed by atoms with Crippen LogP contribution in [0, 0.1) is 6.92 Å². The van der Waals surface area contributed by atoms with Crippen LogP contribution >= 0.6 is 11.3 Å². The van der Waals surface area contributed by atoms with Crippen LogP contribution in [0.3, 0.4) is 0 Å². The van der Waals surface area contributed by atoms with E-state index in [1.165, 1.54) is 0 Å². The van der Waals surface area contributed by atoms with Gasteiger partial charge in [0.2, 0.25) is 0 Å². The first kappa shape index (κ1) is 17.7. The minimum atomic E-state index is -0.812. The maximum Gasteiger partial charge on any atom is 0.305 e. The van der Waals surface area contributed by atoms with Gasteiger partial charge in [-0.15, -0.1) is 11.3 Å². The fourth-order valence-corrected chi connectivity index (χ4v) is 4.12. The normalized spacial score (nSPS) is 17.2. The van der Waals surface area contributed by atoms with Crippen molar-refractivity contribution in [3.63, 3.8) is 0 Å². The zero-order chi connectivity index (χ0) is 18.0. The summed E-state index contributed by atoms with van der Waals surface area (Å²) in [4.78, 5) is 18.2. The molecular formula is C18H22N2O4S. The van der Waals surface area contributed by atoms with Crippen molar-refractivity contribution in [3.05, 3.63) is 39.3 Å². The molecule has 0 fully saturated rings. The molecule has 1 aliphatic heterocycles. The Morgan fingerprint density at radius 3 is 2.68 bits per heavy atom. The van der Waals surface area contributed by atoms with Crippen molar-refractivity contribution in [2.75, 3.05) is 20.8 Å². The lowest BCUT2D eigenvalue weighted by molar-refractivity contribution is -0.138. The van der Waals surface area contributed by atoms with Crippen LogP contribution in [0.1, 0.15) is 34.3 Å². The van der Waals surface area contributed by atoms with Gasteiger partial charge in [0.1, 0.15) is 5.01 Å². The molecule has 1 aromatic carbocycles. The van der Waals surface area contributed by atoms with Crippen LogP contribution in [-0.2, 0) is 17.8 Å². The number of methoxy groups -OCH3 is 2. The second kappa shape index (κ2) is 7.41. The van der Waals surface area contributed by atoms with Gasteiger partial charge in [-0.3, -0.25) is 9.69 Å². The van der Waals surface area contributed by atoms with Crippen LogP contribution in [-0.4, -0.2) is 41.7 Å². The Hall–Kier alpha value is -2.12. The Bertz CT molecular complexity index is 774. The highest BCUT2D eigenvalue weighted by Crippen LogP contribution is 2.40. The highest BCUT2D eigenvalue weighted by molar-refractivity contribution is 7.09. The van der Waals surface area contributed by atoms with E-state index in [-0.39, 0.29) is 12.5 Å². The number of thiazole rings is 1. The number of hydrogen-bond donors (Lipinski definition) is 1. The molecule has 0 radical (unpaired) electrons. The monoisotopic (exact) mass is 362 g/mol. The lowest BCUT2D eigenvalue weighted by Crippen LogP contribution is -2.36. The number of benzene rings is 1. The molecule has 1 aliphatic rings. The summed E-state index contributed by atoms with van der Waals surface area (Å²) in [5.74, 6) is 0.496. The van der Waals surface area contributed by atoms with Gasteiger partial charge in [-0.05, 0) is 36.6 Å². The van der Waals surface area contributed by atoms with Crippen molar-refractivity contribution in [2.24, 2.45) is 0 Å². The van der Waals surface area contributed by atoms with E-state index in [1.807, 2.05) is 24.4 Å². The van der Waals surface area contributed by atoms with Crippen LogP contribution in [0.2, 0.25) is 0 Å². The topological polar surface area (TPSA) is 71.9 Å². The Balaban J connectivity index is 1.96. The SMILES string of the molecule is COc1cc2c(cc1OC)C(CC(=O)O)N(Cc1nc(C)cs1)CC2. The molecule has 3 rings (SSSR count). The molecule has 6 nitrogen and oxygen atoms in total. The second-order valence-corrected chi connectivity index (χ2v) is 7.07. The summed E-state index contributed by atoms with van der Waals surface area (Å²) in [5, 5.41) is 12.4. The van der Waals surface area contributed by atoms with Crippen LogP contribution in [0.25, 0.3) is 0 Å². The van der Waals surface area contributed by atoms with Crippen LogP contribution in [0.4, 0.5) is 0 Å². The molecule has 1 aromatic heterocycles. The Labute approximate surface area is 151 Å². The van der Waals surface area contributed by atoms with Gasteiger partial charge >= 0.3 is 5.97 Å². The number of aliphatic carboxylic acids is 1. The van der Waals surface area contributed by atoms with Crippen LogP contribution < -0.4 is 9.47 Å². The minimum Gasteiger partial charge on any atom is -0.493 e. The highest BCUT2D eigenvalue weighted by Gasteiger charge is 2.31. The molecule has 1 unspecified atom stereocenters. The van der Waals surface area contributed by atoms with E-state index >= 15 is 0 Å². The number of aromatic nitrogens is 1. The van der Waals surface area contributed by atoms with Crippen molar-refractivity contribution < 1.29 is 19.4 Å². The molecule has 134 valence electrons. The van der Waals surface area contributed by atoms with E-state index in [2.05, 4.69) is 9.88 Å². The summed E-state index contributed by atoms with van der Waals surface area (Å²) >= 11 is 1.61. The molecule has 25 heavy (non-hydrogen) atoms. The number of ether oxygens (including phenoxy) is 2. The first-order valence-corrected chi connectivity index (χ1v) is 9.01. The van der Waals surface area contributed by atoms with Crippen molar-refractivity contribution in [1.29, 1.82) is 0 Å². The fourth-order valence-electron chi connectivity index (χ4n) is 3.32. The lowest BCUT2D eigenvalue weighted by Gasteiger charge is -2.36. The van der Waals surface area contributed by atoms with Crippen LogP contribution in [0.5, 0.6) is 11.5 Å². The average Bonchev–Trinajstić information content (AvgIpc) is 3.00. The lowest BCUT2D eigenvalue weighted by atomic mass is 9.90. The van der Waals surface area contributed by atoms with E-state index in [1.54, 1.807) is 25.6 Å².